The third-order valence-electron chi connectivity index (χ3n) is 4.68. The van der Waals surface area contributed by atoms with E-state index >= 15 is 0 Å². The highest BCUT2D eigenvalue weighted by molar-refractivity contribution is 5.76. The van der Waals surface area contributed by atoms with Gasteiger partial charge < -0.3 is 9.42 Å². The van der Waals surface area contributed by atoms with Crippen molar-refractivity contribution in [3.63, 3.8) is 0 Å². The quantitative estimate of drug-likeness (QED) is 0.848. The normalized spacial score (nSPS) is 15.9. The second-order valence-corrected chi connectivity index (χ2v) is 6.54. The maximum atomic E-state index is 12.5. The third kappa shape index (κ3) is 3.51. The van der Waals surface area contributed by atoms with E-state index in [1.165, 1.54) is 0 Å². The van der Waals surface area contributed by atoms with Crippen LogP contribution in [0.3, 0.4) is 0 Å². The average molecular weight is 331 g/mol. The molecule has 2 aromatic heterocycles. The maximum Gasteiger partial charge on any atom is 0.244 e. The van der Waals surface area contributed by atoms with Gasteiger partial charge in [0.25, 0.3) is 0 Å². The third-order valence-corrected chi connectivity index (χ3v) is 4.68. The number of carbonyl (C=O) groups excluding carboxylic acids is 1. The van der Waals surface area contributed by atoms with Crippen molar-refractivity contribution in [2.75, 3.05) is 26.2 Å². The van der Waals surface area contributed by atoms with Gasteiger partial charge in [-0.25, -0.2) is 0 Å². The molecule has 24 heavy (non-hydrogen) atoms. The van der Waals surface area contributed by atoms with Crippen LogP contribution in [0.5, 0.6) is 0 Å². The lowest BCUT2D eigenvalue weighted by Gasteiger charge is -2.34. The van der Waals surface area contributed by atoms with Crippen LogP contribution in [0.25, 0.3) is 0 Å². The maximum absolute atomic E-state index is 12.5. The molecule has 7 heteroatoms. The Bertz CT molecular complexity index is 706. The molecule has 0 aromatic carbocycles. The summed E-state index contributed by atoms with van der Waals surface area (Å²) in [5, 5.41) is 8.38. The number of aromatic nitrogens is 3. The van der Waals surface area contributed by atoms with Crippen LogP contribution in [0, 0.1) is 27.7 Å². The second-order valence-electron chi connectivity index (χ2n) is 6.54. The molecule has 3 heterocycles. The fourth-order valence-electron chi connectivity index (χ4n) is 3.17. The smallest absolute Gasteiger partial charge is 0.244 e. The first-order valence-corrected chi connectivity index (χ1v) is 8.37. The van der Waals surface area contributed by atoms with Gasteiger partial charge in [-0.1, -0.05) is 5.16 Å². The molecule has 2 aromatic rings. The molecule has 0 spiro atoms. The molecule has 1 amide bonds. The Morgan fingerprint density at radius 2 is 1.88 bits per heavy atom. The van der Waals surface area contributed by atoms with Crippen molar-refractivity contribution in [3.8, 4) is 0 Å². The Morgan fingerprint density at radius 1 is 1.17 bits per heavy atom. The molecule has 0 unspecified atom stereocenters. The number of hydrogen-bond donors (Lipinski definition) is 0. The topological polar surface area (TPSA) is 67.4 Å². The molecule has 1 saturated heterocycles. The van der Waals surface area contributed by atoms with E-state index in [2.05, 4.69) is 15.2 Å². The van der Waals surface area contributed by atoms with Gasteiger partial charge in [0.05, 0.1) is 11.4 Å². The molecule has 0 N–H and O–H groups in total. The lowest BCUT2D eigenvalue weighted by Crippen LogP contribution is -2.49. The SMILES string of the molecule is Cc1cc(C)n(CC(=O)N2CCN(Cc3c(C)noc3C)CC2)n1. The molecule has 0 aliphatic carbocycles. The first kappa shape index (κ1) is 16.7. The fourth-order valence-corrected chi connectivity index (χ4v) is 3.17. The molecule has 0 radical (unpaired) electrons. The van der Waals surface area contributed by atoms with Crippen LogP contribution in [0.2, 0.25) is 0 Å². The summed E-state index contributed by atoms with van der Waals surface area (Å²) in [5.41, 5.74) is 4.09. The van der Waals surface area contributed by atoms with Crippen molar-refractivity contribution in [3.05, 3.63) is 34.5 Å². The van der Waals surface area contributed by atoms with Crippen LogP contribution in [-0.4, -0.2) is 56.8 Å². The van der Waals surface area contributed by atoms with E-state index in [0.29, 0.717) is 6.54 Å². The van der Waals surface area contributed by atoms with Crippen molar-refractivity contribution in [1.82, 2.24) is 24.7 Å². The van der Waals surface area contributed by atoms with E-state index < -0.39 is 0 Å². The molecular formula is C17H25N5O2. The summed E-state index contributed by atoms with van der Waals surface area (Å²) in [6, 6.07) is 1.99. The van der Waals surface area contributed by atoms with Gasteiger partial charge in [0.15, 0.2) is 0 Å². The summed E-state index contributed by atoms with van der Waals surface area (Å²) in [6.45, 7) is 12.2. The van der Waals surface area contributed by atoms with Gasteiger partial charge in [0.1, 0.15) is 12.3 Å². The zero-order valence-electron chi connectivity index (χ0n) is 14.9. The van der Waals surface area contributed by atoms with Gasteiger partial charge in [-0.05, 0) is 33.8 Å². The number of hydrogen-bond acceptors (Lipinski definition) is 5. The van der Waals surface area contributed by atoms with Crippen molar-refractivity contribution in [2.45, 2.75) is 40.8 Å². The molecule has 7 nitrogen and oxygen atoms in total. The van der Waals surface area contributed by atoms with E-state index in [4.69, 9.17) is 4.52 Å². The molecule has 3 rings (SSSR count). The van der Waals surface area contributed by atoms with Gasteiger partial charge in [0.2, 0.25) is 5.91 Å². The summed E-state index contributed by atoms with van der Waals surface area (Å²) in [7, 11) is 0. The zero-order valence-corrected chi connectivity index (χ0v) is 14.9. The number of piperazine rings is 1. The summed E-state index contributed by atoms with van der Waals surface area (Å²) in [4.78, 5) is 16.8. The number of aryl methyl sites for hydroxylation is 4. The summed E-state index contributed by atoms with van der Waals surface area (Å²) in [6.07, 6.45) is 0. The second kappa shape index (κ2) is 6.76. The fraction of sp³-hybridized carbons (Fsp3) is 0.588. The lowest BCUT2D eigenvalue weighted by atomic mass is 10.2. The number of nitrogens with zero attached hydrogens (tertiary/aromatic N) is 5. The van der Waals surface area contributed by atoms with Crippen LogP contribution in [0.1, 0.15) is 28.4 Å². The summed E-state index contributed by atoms with van der Waals surface area (Å²) in [5.74, 6) is 1.02. The molecule has 0 saturated carbocycles. The summed E-state index contributed by atoms with van der Waals surface area (Å²) >= 11 is 0. The van der Waals surface area contributed by atoms with Crippen LogP contribution in [-0.2, 0) is 17.9 Å². The van der Waals surface area contributed by atoms with E-state index in [1.54, 1.807) is 4.68 Å². The number of carbonyl (C=O) groups is 1. The lowest BCUT2D eigenvalue weighted by molar-refractivity contribution is -0.133. The molecule has 0 atom stereocenters. The van der Waals surface area contributed by atoms with Crippen LogP contribution in [0.15, 0.2) is 10.6 Å². The Kier molecular flexibility index (Phi) is 4.71. The minimum atomic E-state index is 0.137. The van der Waals surface area contributed by atoms with Gasteiger partial charge >= 0.3 is 0 Å². The minimum absolute atomic E-state index is 0.137. The minimum Gasteiger partial charge on any atom is -0.361 e. The van der Waals surface area contributed by atoms with Crippen molar-refractivity contribution >= 4 is 5.91 Å². The predicted molar refractivity (Wildman–Crippen MR) is 89.5 cm³/mol. The number of rotatable bonds is 4. The molecule has 1 aliphatic heterocycles. The van der Waals surface area contributed by atoms with Crippen LogP contribution < -0.4 is 0 Å². The van der Waals surface area contributed by atoms with Crippen molar-refractivity contribution in [2.24, 2.45) is 0 Å². The average Bonchev–Trinajstić information content (AvgIpc) is 3.03. The number of amides is 1. The van der Waals surface area contributed by atoms with Gasteiger partial charge in [-0.3, -0.25) is 14.4 Å². The predicted octanol–water partition coefficient (Wildman–Crippen LogP) is 1.45. The molecule has 0 bridgehead atoms. The Morgan fingerprint density at radius 3 is 2.42 bits per heavy atom. The summed E-state index contributed by atoms with van der Waals surface area (Å²) < 4.78 is 7.01. The van der Waals surface area contributed by atoms with Crippen LogP contribution >= 0.6 is 0 Å². The molecule has 1 aliphatic rings. The standard InChI is InChI=1S/C17H25N5O2/c1-12-9-13(2)22(18-12)11-17(23)21-7-5-20(6-8-21)10-16-14(3)19-24-15(16)4/h9H,5-8,10-11H2,1-4H3. The van der Waals surface area contributed by atoms with E-state index in [-0.39, 0.29) is 5.91 Å². The van der Waals surface area contributed by atoms with E-state index in [0.717, 1.165) is 61.1 Å². The molecule has 130 valence electrons. The highest BCUT2D eigenvalue weighted by Gasteiger charge is 2.23. The Hall–Kier alpha value is -2.15. The largest absolute Gasteiger partial charge is 0.361 e. The van der Waals surface area contributed by atoms with Gasteiger partial charge in [0, 0.05) is 44.0 Å². The van der Waals surface area contributed by atoms with Gasteiger partial charge in [-0.2, -0.15) is 5.10 Å². The first-order chi connectivity index (χ1) is 11.4. The van der Waals surface area contributed by atoms with E-state index in [9.17, 15) is 4.79 Å². The zero-order chi connectivity index (χ0) is 17.3. The van der Waals surface area contributed by atoms with E-state index in [1.807, 2.05) is 38.7 Å². The van der Waals surface area contributed by atoms with Crippen molar-refractivity contribution < 1.29 is 9.32 Å². The molecular weight excluding hydrogens is 306 g/mol. The van der Waals surface area contributed by atoms with Gasteiger partial charge in [-0.15, -0.1) is 0 Å². The first-order valence-electron chi connectivity index (χ1n) is 8.37. The Labute approximate surface area is 142 Å². The van der Waals surface area contributed by atoms with Crippen molar-refractivity contribution in [1.29, 1.82) is 0 Å². The molecule has 1 fully saturated rings. The highest BCUT2D eigenvalue weighted by atomic mass is 16.5. The monoisotopic (exact) mass is 331 g/mol. The highest BCUT2D eigenvalue weighted by Crippen LogP contribution is 2.16. The Balaban J connectivity index is 1.53. The van der Waals surface area contributed by atoms with Crippen LogP contribution in [0.4, 0.5) is 0 Å².